The molecule has 3 heteroatoms. The molecule has 0 fully saturated rings. The third-order valence-corrected chi connectivity index (χ3v) is 2.68. The van der Waals surface area contributed by atoms with Crippen molar-refractivity contribution in [3.63, 3.8) is 0 Å². The van der Waals surface area contributed by atoms with Gasteiger partial charge in [-0.3, -0.25) is 0 Å². The summed E-state index contributed by atoms with van der Waals surface area (Å²) in [5.41, 5.74) is 0. The summed E-state index contributed by atoms with van der Waals surface area (Å²) < 4.78 is 0. The summed E-state index contributed by atoms with van der Waals surface area (Å²) in [5, 5.41) is 3.44. The highest BCUT2D eigenvalue weighted by atomic mass is 15.0. The normalized spacial score (nSPS) is 14.9. The molecule has 84 valence electrons. The molecule has 0 aliphatic carbocycles. The van der Waals surface area contributed by atoms with Crippen molar-refractivity contribution in [2.24, 2.45) is 5.92 Å². The van der Waals surface area contributed by atoms with Crippen LogP contribution >= 0.6 is 0 Å². The summed E-state index contributed by atoms with van der Waals surface area (Å²) in [4.78, 5) is 8.62. The Kier molecular flexibility index (Phi) is 5.26. The third kappa shape index (κ3) is 3.96. The van der Waals surface area contributed by atoms with E-state index in [1.807, 2.05) is 18.5 Å². The SMILES string of the molecule is CCNC(CC(C)CC)c1ncccn1. The maximum atomic E-state index is 4.31. The van der Waals surface area contributed by atoms with Crippen molar-refractivity contribution in [2.75, 3.05) is 6.54 Å². The lowest BCUT2D eigenvalue weighted by Crippen LogP contribution is -2.24. The number of nitrogens with one attached hydrogen (secondary N) is 1. The van der Waals surface area contributed by atoms with Crippen LogP contribution in [0, 0.1) is 5.92 Å². The Hall–Kier alpha value is -0.960. The highest BCUT2D eigenvalue weighted by molar-refractivity contribution is 4.96. The molecule has 0 aliphatic rings. The van der Waals surface area contributed by atoms with Crippen molar-refractivity contribution in [1.29, 1.82) is 0 Å². The first-order valence-corrected chi connectivity index (χ1v) is 5.78. The molecule has 0 aromatic carbocycles. The van der Waals surface area contributed by atoms with Crippen LogP contribution in [0.2, 0.25) is 0 Å². The lowest BCUT2D eigenvalue weighted by atomic mass is 9.99. The van der Waals surface area contributed by atoms with E-state index < -0.39 is 0 Å². The summed E-state index contributed by atoms with van der Waals surface area (Å²) in [7, 11) is 0. The molecule has 1 aromatic heterocycles. The molecule has 2 unspecified atom stereocenters. The Labute approximate surface area is 92.3 Å². The molecule has 0 saturated heterocycles. The first-order chi connectivity index (χ1) is 7.27. The van der Waals surface area contributed by atoms with E-state index in [1.54, 1.807) is 0 Å². The first-order valence-electron chi connectivity index (χ1n) is 5.78. The van der Waals surface area contributed by atoms with E-state index in [2.05, 4.69) is 36.1 Å². The predicted octanol–water partition coefficient (Wildman–Crippen LogP) is 2.56. The molecule has 3 nitrogen and oxygen atoms in total. The molecule has 0 aliphatic heterocycles. The molecule has 0 amide bonds. The zero-order chi connectivity index (χ0) is 11.1. The molecular weight excluding hydrogens is 186 g/mol. The predicted molar refractivity (Wildman–Crippen MR) is 62.5 cm³/mol. The first kappa shape index (κ1) is 12.1. The van der Waals surface area contributed by atoms with E-state index in [1.165, 1.54) is 6.42 Å². The van der Waals surface area contributed by atoms with Gasteiger partial charge in [-0.1, -0.05) is 27.2 Å². The van der Waals surface area contributed by atoms with Crippen LogP contribution < -0.4 is 5.32 Å². The standard InChI is InChI=1S/C12H21N3/c1-4-10(3)9-11(13-5-2)12-14-7-6-8-15-12/h6-8,10-11,13H,4-5,9H2,1-3H3. The van der Waals surface area contributed by atoms with E-state index in [9.17, 15) is 0 Å². The minimum atomic E-state index is 0.297. The van der Waals surface area contributed by atoms with E-state index >= 15 is 0 Å². The maximum Gasteiger partial charge on any atom is 0.145 e. The van der Waals surface area contributed by atoms with Gasteiger partial charge in [-0.2, -0.15) is 0 Å². The average molecular weight is 207 g/mol. The van der Waals surface area contributed by atoms with Crippen LogP contribution in [-0.2, 0) is 0 Å². The fourth-order valence-corrected chi connectivity index (χ4v) is 1.59. The summed E-state index contributed by atoms with van der Waals surface area (Å²) >= 11 is 0. The maximum absolute atomic E-state index is 4.31. The summed E-state index contributed by atoms with van der Waals surface area (Å²) in [6.45, 7) is 7.57. The molecule has 1 heterocycles. The van der Waals surface area contributed by atoms with Gasteiger partial charge in [0, 0.05) is 12.4 Å². The van der Waals surface area contributed by atoms with E-state index in [4.69, 9.17) is 0 Å². The molecule has 0 saturated carbocycles. The van der Waals surface area contributed by atoms with Crippen LogP contribution in [0.1, 0.15) is 45.5 Å². The minimum Gasteiger partial charge on any atom is -0.308 e. The van der Waals surface area contributed by atoms with Gasteiger partial charge in [0.05, 0.1) is 6.04 Å². The average Bonchev–Trinajstić information content (AvgIpc) is 2.29. The molecule has 0 radical (unpaired) electrons. The Balaban J connectivity index is 2.65. The van der Waals surface area contributed by atoms with Gasteiger partial charge in [0.1, 0.15) is 5.82 Å². The van der Waals surface area contributed by atoms with Gasteiger partial charge in [-0.05, 0) is 24.9 Å². The molecule has 0 spiro atoms. The van der Waals surface area contributed by atoms with Gasteiger partial charge in [-0.15, -0.1) is 0 Å². The van der Waals surface area contributed by atoms with Gasteiger partial charge in [0.15, 0.2) is 0 Å². The lowest BCUT2D eigenvalue weighted by Gasteiger charge is -2.19. The van der Waals surface area contributed by atoms with Crippen LogP contribution in [-0.4, -0.2) is 16.5 Å². The molecule has 2 atom stereocenters. The second-order valence-electron chi connectivity index (χ2n) is 3.97. The summed E-state index contributed by atoms with van der Waals surface area (Å²) in [6.07, 6.45) is 5.93. The fourth-order valence-electron chi connectivity index (χ4n) is 1.59. The van der Waals surface area contributed by atoms with Crippen molar-refractivity contribution < 1.29 is 0 Å². The molecular formula is C12H21N3. The van der Waals surface area contributed by atoms with Crippen LogP contribution in [0.25, 0.3) is 0 Å². The molecule has 15 heavy (non-hydrogen) atoms. The van der Waals surface area contributed by atoms with Crippen LogP contribution in [0.15, 0.2) is 18.5 Å². The minimum absolute atomic E-state index is 0.297. The zero-order valence-corrected chi connectivity index (χ0v) is 9.90. The third-order valence-electron chi connectivity index (χ3n) is 2.68. The number of hydrogen-bond donors (Lipinski definition) is 1. The van der Waals surface area contributed by atoms with Crippen molar-refractivity contribution in [1.82, 2.24) is 15.3 Å². The van der Waals surface area contributed by atoms with E-state index in [-0.39, 0.29) is 0 Å². The topological polar surface area (TPSA) is 37.8 Å². The zero-order valence-electron chi connectivity index (χ0n) is 9.90. The van der Waals surface area contributed by atoms with Gasteiger partial charge < -0.3 is 5.32 Å². The Morgan fingerprint density at radius 3 is 2.47 bits per heavy atom. The highest BCUT2D eigenvalue weighted by Gasteiger charge is 2.15. The van der Waals surface area contributed by atoms with Crippen molar-refractivity contribution in [2.45, 2.75) is 39.7 Å². The number of nitrogens with zero attached hydrogens (tertiary/aromatic N) is 2. The highest BCUT2D eigenvalue weighted by Crippen LogP contribution is 2.19. The van der Waals surface area contributed by atoms with Gasteiger partial charge in [0.25, 0.3) is 0 Å². The number of rotatable bonds is 6. The quantitative estimate of drug-likeness (QED) is 0.779. The van der Waals surface area contributed by atoms with Gasteiger partial charge in [-0.25, -0.2) is 9.97 Å². The smallest absolute Gasteiger partial charge is 0.145 e. The second kappa shape index (κ2) is 6.51. The van der Waals surface area contributed by atoms with Crippen molar-refractivity contribution in [3.05, 3.63) is 24.3 Å². The van der Waals surface area contributed by atoms with E-state index in [0.29, 0.717) is 12.0 Å². The Bertz CT molecular complexity index is 261. The molecule has 1 N–H and O–H groups in total. The van der Waals surface area contributed by atoms with Crippen molar-refractivity contribution in [3.8, 4) is 0 Å². The van der Waals surface area contributed by atoms with Gasteiger partial charge >= 0.3 is 0 Å². The van der Waals surface area contributed by atoms with Crippen molar-refractivity contribution >= 4 is 0 Å². The largest absolute Gasteiger partial charge is 0.308 e. The van der Waals surface area contributed by atoms with Crippen LogP contribution in [0.4, 0.5) is 0 Å². The second-order valence-corrected chi connectivity index (χ2v) is 3.97. The van der Waals surface area contributed by atoms with Crippen LogP contribution in [0.3, 0.4) is 0 Å². The Morgan fingerprint density at radius 2 is 1.93 bits per heavy atom. The molecule has 0 bridgehead atoms. The monoisotopic (exact) mass is 207 g/mol. The Morgan fingerprint density at radius 1 is 1.27 bits per heavy atom. The fraction of sp³-hybridized carbons (Fsp3) is 0.667. The summed E-state index contributed by atoms with van der Waals surface area (Å²) in [6, 6.07) is 2.15. The lowest BCUT2D eigenvalue weighted by molar-refractivity contribution is 0.395. The van der Waals surface area contributed by atoms with Gasteiger partial charge in [0.2, 0.25) is 0 Å². The van der Waals surface area contributed by atoms with E-state index in [0.717, 1.165) is 18.8 Å². The number of aromatic nitrogens is 2. The van der Waals surface area contributed by atoms with Crippen LogP contribution in [0.5, 0.6) is 0 Å². The summed E-state index contributed by atoms with van der Waals surface area (Å²) in [5.74, 6) is 1.62. The molecule has 1 aromatic rings. The number of hydrogen-bond acceptors (Lipinski definition) is 3. The molecule has 1 rings (SSSR count).